The smallest absolute Gasteiger partial charge is 0.335 e. The summed E-state index contributed by atoms with van der Waals surface area (Å²) in [7, 11) is 1.44. The minimum atomic E-state index is -4.63. The number of carbonyl (C=O) groups excluding carboxylic acids is 1. The highest BCUT2D eigenvalue weighted by Gasteiger charge is 2.42. The molecule has 0 fully saturated rings. The summed E-state index contributed by atoms with van der Waals surface area (Å²) in [6.07, 6.45) is -4.63. The largest absolute Gasteiger partial charge is 0.412 e. The molecule has 0 bridgehead atoms. The van der Waals surface area contributed by atoms with Crippen molar-refractivity contribution in [2.75, 3.05) is 0 Å². The second-order valence-electron chi connectivity index (χ2n) is 4.59. The van der Waals surface area contributed by atoms with Crippen molar-refractivity contribution in [2.45, 2.75) is 12.2 Å². The minimum absolute atomic E-state index is 0.0554. The Balaban J connectivity index is 2.32. The van der Waals surface area contributed by atoms with Gasteiger partial charge in [-0.1, -0.05) is 53.5 Å². The third-order valence-corrected chi connectivity index (χ3v) is 3.93. The van der Waals surface area contributed by atoms with Crippen LogP contribution in [0.15, 0.2) is 36.4 Å². The fourth-order valence-corrected chi connectivity index (χ4v) is 2.34. The van der Waals surface area contributed by atoms with Crippen molar-refractivity contribution in [3.63, 3.8) is 0 Å². The summed E-state index contributed by atoms with van der Waals surface area (Å²) in [5, 5.41) is 2.14. The summed E-state index contributed by atoms with van der Waals surface area (Å²) in [4.78, 5) is 12.1. The molecule has 1 unspecified atom stereocenters. The SMILES string of the molecule is Cn1c(C(=O)NC(c2ccccc2)C(F)(F)F)cc(Cl)c1Cl. The zero-order valence-electron chi connectivity index (χ0n) is 11.3. The lowest BCUT2D eigenvalue weighted by molar-refractivity contribution is -0.155. The number of hydrogen-bond acceptors (Lipinski definition) is 1. The Morgan fingerprint density at radius 1 is 1.23 bits per heavy atom. The molecule has 1 atom stereocenters. The highest BCUT2D eigenvalue weighted by atomic mass is 35.5. The highest BCUT2D eigenvalue weighted by molar-refractivity contribution is 6.41. The molecule has 0 aliphatic rings. The average Bonchev–Trinajstić information content (AvgIpc) is 2.72. The number of nitrogens with one attached hydrogen (secondary N) is 1. The third kappa shape index (κ3) is 3.39. The summed E-state index contributed by atoms with van der Waals surface area (Å²) in [6.45, 7) is 0. The van der Waals surface area contributed by atoms with E-state index < -0.39 is 18.1 Å². The number of alkyl halides is 3. The van der Waals surface area contributed by atoms with Gasteiger partial charge in [0.2, 0.25) is 0 Å². The molecule has 1 N–H and O–H groups in total. The second kappa shape index (κ2) is 6.22. The van der Waals surface area contributed by atoms with Crippen LogP contribution in [0, 0.1) is 0 Å². The average molecular weight is 351 g/mol. The van der Waals surface area contributed by atoms with Gasteiger partial charge in [-0.3, -0.25) is 4.79 Å². The maximum absolute atomic E-state index is 13.2. The van der Waals surface area contributed by atoms with Crippen LogP contribution in [0.1, 0.15) is 22.1 Å². The molecule has 0 aliphatic carbocycles. The molecule has 0 aliphatic heterocycles. The Morgan fingerprint density at radius 2 is 1.82 bits per heavy atom. The van der Waals surface area contributed by atoms with Crippen LogP contribution in [-0.2, 0) is 7.05 Å². The van der Waals surface area contributed by atoms with E-state index >= 15 is 0 Å². The molecule has 3 nitrogen and oxygen atoms in total. The summed E-state index contributed by atoms with van der Waals surface area (Å²) in [5.74, 6) is -0.914. The highest BCUT2D eigenvalue weighted by Crippen LogP contribution is 2.33. The molecule has 1 aromatic carbocycles. The number of carbonyl (C=O) groups is 1. The number of rotatable bonds is 3. The number of nitrogens with zero attached hydrogens (tertiary/aromatic N) is 1. The number of hydrogen-bond donors (Lipinski definition) is 1. The molecule has 0 saturated heterocycles. The molecule has 118 valence electrons. The van der Waals surface area contributed by atoms with Gasteiger partial charge in [0, 0.05) is 7.05 Å². The van der Waals surface area contributed by atoms with Gasteiger partial charge in [-0.05, 0) is 11.6 Å². The molecule has 1 amide bonds. The van der Waals surface area contributed by atoms with E-state index in [0.717, 1.165) is 0 Å². The van der Waals surface area contributed by atoms with E-state index in [2.05, 4.69) is 0 Å². The predicted molar refractivity (Wildman–Crippen MR) is 78.1 cm³/mol. The van der Waals surface area contributed by atoms with Gasteiger partial charge in [0.15, 0.2) is 6.04 Å². The van der Waals surface area contributed by atoms with Crippen LogP contribution in [0.25, 0.3) is 0 Å². The Hall–Kier alpha value is -1.66. The quantitative estimate of drug-likeness (QED) is 0.876. The fraction of sp³-hybridized carbons (Fsp3) is 0.214. The topological polar surface area (TPSA) is 34.0 Å². The van der Waals surface area contributed by atoms with E-state index in [4.69, 9.17) is 23.2 Å². The van der Waals surface area contributed by atoms with Crippen LogP contribution in [-0.4, -0.2) is 16.7 Å². The predicted octanol–water partition coefficient (Wildman–Crippen LogP) is 4.37. The zero-order chi connectivity index (χ0) is 16.5. The van der Waals surface area contributed by atoms with Crippen LogP contribution in [0.2, 0.25) is 10.2 Å². The lowest BCUT2D eigenvalue weighted by Gasteiger charge is -2.22. The molecule has 0 saturated carbocycles. The van der Waals surface area contributed by atoms with E-state index in [0.29, 0.717) is 0 Å². The Kier molecular flexibility index (Phi) is 4.72. The summed E-state index contributed by atoms with van der Waals surface area (Å²) < 4.78 is 40.8. The molecule has 2 aromatic rings. The standard InChI is InChI=1S/C14H11Cl2F3N2O/c1-21-10(7-9(15)12(21)16)13(22)20-11(14(17,18)19)8-5-3-2-4-6-8/h2-7,11H,1H3,(H,20,22). The van der Waals surface area contributed by atoms with E-state index in [-0.39, 0.29) is 21.4 Å². The van der Waals surface area contributed by atoms with Crippen LogP contribution < -0.4 is 5.32 Å². The first kappa shape index (κ1) is 16.7. The number of benzene rings is 1. The zero-order valence-corrected chi connectivity index (χ0v) is 12.8. The molecule has 8 heteroatoms. The van der Waals surface area contributed by atoms with Crippen molar-refractivity contribution in [3.05, 3.63) is 57.8 Å². The molecule has 2 rings (SSSR count). The normalized spacial score (nSPS) is 13.0. The third-order valence-electron chi connectivity index (χ3n) is 3.08. The van der Waals surface area contributed by atoms with E-state index in [9.17, 15) is 18.0 Å². The minimum Gasteiger partial charge on any atom is -0.335 e. The molecule has 1 heterocycles. The Bertz CT molecular complexity index is 683. The number of aromatic nitrogens is 1. The van der Waals surface area contributed by atoms with Gasteiger partial charge in [0.25, 0.3) is 5.91 Å². The monoisotopic (exact) mass is 350 g/mol. The summed E-state index contributed by atoms with van der Waals surface area (Å²) in [5.41, 5.74) is -0.116. The van der Waals surface area contributed by atoms with Gasteiger partial charge in [-0.25, -0.2) is 0 Å². The maximum Gasteiger partial charge on any atom is 0.412 e. The Morgan fingerprint density at radius 3 is 2.27 bits per heavy atom. The van der Waals surface area contributed by atoms with Crippen molar-refractivity contribution in [3.8, 4) is 0 Å². The van der Waals surface area contributed by atoms with Crippen molar-refractivity contribution in [1.82, 2.24) is 9.88 Å². The van der Waals surface area contributed by atoms with Crippen molar-refractivity contribution in [2.24, 2.45) is 7.05 Å². The van der Waals surface area contributed by atoms with Crippen LogP contribution in [0.4, 0.5) is 13.2 Å². The van der Waals surface area contributed by atoms with Crippen molar-refractivity contribution in [1.29, 1.82) is 0 Å². The van der Waals surface area contributed by atoms with Gasteiger partial charge in [0.05, 0.1) is 5.02 Å². The van der Waals surface area contributed by atoms with Crippen molar-refractivity contribution < 1.29 is 18.0 Å². The molecular weight excluding hydrogens is 340 g/mol. The first-order chi connectivity index (χ1) is 10.2. The van der Waals surface area contributed by atoms with Crippen LogP contribution >= 0.6 is 23.2 Å². The number of halogens is 5. The lowest BCUT2D eigenvalue weighted by atomic mass is 10.1. The molecule has 22 heavy (non-hydrogen) atoms. The van der Waals surface area contributed by atoms with E-state index in [1.807, 2.05) is 5.32 Å². The summed E-state index contributed by atoms with van der Waals surface area (Å²) in [6, 6.07) is 6.22. The summed E-state index contributed by atoms with van der Waals surface area (Å²) >= 11 is 11.6. The molecule has 0 spiro atoms. The van der Waals surface area contributed by atoms with Gasteiger partial charge in [-0.2, -0.15) is 13.2 Å². The van der Waals surface area contributed by atoms with Crippen LogP contribution in [0.3, 0.4) is 0 Å². The van der Waals surface area contributed by atoms with Gasteiger partial charge in [-0.15, -0.1) is 0 Å². The first-order valence-corrected chi connectivity index (χ1v) is 6.90. The van der Waals surface area contributed by atoms with E-state index in [1.54, 1.807) is 6.07 Å². The van der Waals surface area contributed by atoms with Gasteiger partial charge < -0.3 is 9.88 Å². The first-order valence-electron chi connectivity index (χ1n) is 6.15. The van der Waals surface area contributed by atoms with E-state index in [1.165, 1.54) is 41.9 Å². The van der Waals surface area contributed by atoms with Gasteiger partial charge in [0.1, 0.15) is 10.8 Å². The molecule has 0 radical (unpaired) electrons. The maximum atomic E-state index is 13.2. The number of amides is 1. The van der Waals surface area contributed by atoms with Crippen molar-refractivity contribution >= 4 is 29.1 Å². The lowest BCUT2D eigenvalue weighted by Crippen LogP contribution is -2.38. The van der Waals surface area contributed by atoms with Crippen LogP contribution in [0.5, 0.6) is 0 Å². The molecule has 1 aromatic heterocycles. The molecular formula is C14H11Cl2F3N2O. The fourth-order valence-electron chi connectivity index (χ4n) is 1.96. The second-order valence-corrected chi connectivity index (χ2v) is 5.35. The van der Waals surface area contributed by atoms with Gasteiger partial charge >= 0.3 is 6.18 Å². The Labute approximate surface area is 134 Å².